The van der Waals surface area contributed by atoms with Gasteiger partial charge in [0.1, 0.15) is 12.6 Å². The molecule has 0 aliphatic heterocycles. The first-order chi connectivity index (χ1) is 15.4. The minimum absolute atomic E-state index is 0.0649. The Bertz CT molecular complexity index is 1100. The van der Waals surface area contributed by atoms with Crippen LogP contribution in [0, 0.1) is 0 Å². The van der Waals surface area contributed by atoms with Gasteiger partial charge in [-0.25, -0.2) is 4.79 Å². The molecule has 0 spiro atoms. The zero-order chi connectivity index (χ0) is 22.7. The summed E-state index contributed by atoms with van der Waals surface area (Å²) >= 11 is 0. The molecule has 0 saturated carbocycles. The van der Waals surface area contributed by atoms with E-state index in [0.717, 1.165) is 22.3 Å². The fourth-order valence-corrected chi connectivity index (χ4v) is 3.91. The minimum atomic E-state index is -1.64. The van der Waals surface area contributed by atoms with Gasteiger partial charge in [-0.05, 0) is 46.8 Å². The summed E-state index contributed by atoms with van der Waals surface area (Å²) in [7, 11) is -1.64. The van der Waals surface area contributed by atoms with Crippen molar-refractivity contribution in [2.45, 2.75) is 18.9 Å². The molecule has 0 fully saturated rings. The van der Waals surface area contributed by atoms with Crippen molar-refractivity contribution >= 4 is 30.3 Å². The minimum Gasteiger partial charge on any atom is -0.449 e. The van der Waals surface area contributed by atoms with Gasteiger partial charge >= 0.3 is 13.2 Å². The van der Waals surface area contributed by atoms with Crippen molar-refractivity contribution in [2.75, 3.05) is 11.9 Å². The Morgan fingerprint density at radius 2 is 1.59 bits per heavy atom. The van der Waals surface area contributed by atoms with Crippen LogP contribution < -0.4 is 16.1 Å². The Kier molecular flexibility index (Phi) is 6.25. The summed E-state index contributed by atoms with van der Waals surface area (Å²) < 4.78 is 5.47. The lowest BCUT2D eigenvalue weighted by molar-refractivity contribution is -0.117. The topological polar surface area (TPSA) is 108 Å². The molecule has 0 radical (unpaired) electrons. The number of rotatable bonds is 6. The van der Waals surface area contributed by atoms with Crippen LogP contribution in [0.15, 0.2) is 72.8 Å². The molecule has 0 saturated heterocycles. The predicted molar refractivity (Wildman–Crippen MR) is 123 cm³/mol. The number of nitrogens with one attached hydrogen (secondary N) is 2. The normalized spacial score (nSPS) is 13.0. The molecule has 0 heterocycles. The molecule has 2 amide bonds. The molecule has 1 aliphatic carbocycles. The van der Waals surface area contributed by atoms with Crippen LogP contribution >= 0.6 is 0 Å². The predicted octanol–water partition coefficient (Wildman–Crippen LogP) is 2.23. The molecule has 3 aromatic rings. The number of carbonyl (C=O) groups excluding carboxylic acids is 2. The van der Waals surface area contributed by atoms with Crippen molar-refractivity contribution < 1.29 is 24.4 Å². The first-order valence-electron chi connectivity index (χ1n) is 10.3. The molecule has 8 heteroatoms. The van der Waals surface area contributed by atoms with Gasteiger partial charge in [-0.2, -0.15) is 0 Å². The SMILES string of the molecule is C[C@H](NC(=O)OCC1c2ccccc2-c2ccccc21)C(=O)Nc1cccc(B(O)O)c1. The zero-order valence-corrected chi connectivity index (χ0v) is 17.5. The highest BCUT2D eigenvalue weighted by atomic mass is 16.5. The number of hydrogen-bond donors (Lipinski definition) is 4. The van der Waals surface area contributed by atoms with E-state index in [0.29, 0.717) is 5.69 Å². The van der Waals surface area contributed by atoms with E-state index < -0.39 is 25.2 Å². The molecule has 0 bridgehead atoms. The molecule has 162 valence electrons. The third kappa shape index (κ3) is 4.51. The van der Waals surface area contributed by atoms with E-state index in [2.05, 4.69) is 22.8 Å². The van der Waals surface area contributed by atoms with Gasteiger partial charge < -0.3 is 25.4 Å². The van der Waals surface area contributed by atoms with E-state index in [1.165, 1.54) is 12.1 Å². The number of anilines is 1. The van der Waals surface area contributed by atoms with Crippen LogP contribution in [0.1, 0.15) is 24.0 Å². The van der Waals surface area contributed by atoms with Gasteiger partial charge in [0.05, 0.1) is 0 Å². The molecule has 7 nitrogen and oxygen atoms in total. The Labute approximate surface area is 186 Å². The van der Waals surface area contributed by atoms with Crippen LogP contribution in [0.4, 0.5) is 10.5 Å². The molecule has 1 atom stereocenters. The first-order valence-corrected chi connectivity index (χ1v) is 10.3. The fourth-order valence-electron chi connectivity index (χ4n) is 3.91. The lowest BCUT2D eigenvalue weighted by atomic mass is 9.80. The third-order valence-electron chi connectivity index (χ3n) is 5.52. The second-order valence-electron chi connectivity index (χ2n) is 7.68. The van der Waals surface area contributed by atoms with Crippen LogP contribution in [-0.2, 0) is 9.53 Å². The van der Waals surface area contributed by atoms with Crippen LogP contribution in [0.25, 0.3) is 11.1 Å². The number of hydrogen-bond acceptors (Lipinski definition) is 5. The summed E-state index contributed by atoms with van der Waals surface area (Å²) in [6.07, 6.45) is -0.686. The molecule has 0 unspecified atom stereocenters. The average Bonchev–Trinajstić information content (AvgIpc) is 3.11. The van der Waals surface area contributed by atoms with E-state index in [-0.39, 0.29) is 18.0 Å². The number of ether oxygens (including phenoxy) is 1. The maximum atomic E-state index is 12.4. The van der Waals surface area contributed by atoms with Gasteiger partial charge in [0.2, 0.25) is 5.91 Å². The molecule has 0 aromatic heterocycles. The monoisotopic (exact) mass is 430 g/mol. The number of carbonyl (C=O) groups is 2. The van der Waals surface area contributed by atoms with Gasteiger partial charge in [0.25, 0.3) is 0 Å². The highest BCUT2D eigenvalue weighted by molar-refractivity contribution is 6.58. The molecule has 4 N–H and O–H groups in total. The molecular formula is C24H23BN2O5. The van der Waals surface area contributed by atoms with Crippen LogP contribution in [0.3, 0.4) is 0 Å². The van der Waals surface area contributed by atoms with Crippen LogP contribution in [0.5, 0.6) is 0 Å². The number of fused-ring (bicyclic) bond motifs is 3. The molecule has 32 heavy (non-hydrogen) atoms. The lowest BCUT2D eigenvalue weighted by Gasteiger charge is -2.17. The lowest BCUT2D eigenvalue weighted by Crippen LogP contribution is -2.42. The van der Waals surface area contributed by atoms with Crippen LogP contribution in [0.2, 0.25) is 0 Å². The van der Waals surface area contributed by atoms with Crippen molar-refractivity contribution in [1.29, 1.82) is 0 Å². The smallest absolute Gasteiger partial charge is 0.449 e. The summed E-state index contributed by atoms with van der Waals surface area (Å²) in [6.45, 7) is 1.70. The van der Waals surface area contributed by atoms with E-state index in [4.69, 9.17) is 4.74 Å². The maximum Gasteiger partial charge on any atom is 0.488 e. The maximum absolute atomic E-state index is 12.4. The summed E-state index contributed by atoms with van der Waals surface area (Å²) in [5.74, 6) is -0.520. The summed E-state index contributed by atoms with van der Waals surface area (Å²) in [5.41, 5.74) is 5.14. The number of amides is 2. The van der Waals surface area contributed by atoms with Crippen molar-refractivity contribution in [1.82, 2.24) is 5.32 Å². The second-order valence-corrected chi connectivity index (χ2v) is 7.68. The fraction of sp³-hybridized carbons (Fsp3) is 0.167. The summed E-state index contributed by atoms with van der Waals surface area (Å²) in [5, 5.41) is 23.7. The van der Waals surface area contributed by atoms with Crippen molar-refractivity contribution in [2.24, 2.45) is 0 Å². The molecular weight excluding hydrogens is 407 g/mol. The molecule has 3 aromatic carbocycles. The Hall–Kier alpha value is -3.62. The Morgan fingerprint density at radius 3 is 2.22 bits per heavy atom. The van der Waals surface area contributed by atoms with Gasteiger partial charge in [-0.1, -0.05) is 60.7 Å². The molecule has 4 rings (SSSR count). The summed E-state index contributed by atoms with van der Waals surface area (Å²) in [6, 6.07) is 21.4. The first kappa shape index (κ1) is 21.6. The van der Waals surface area contributed by atoms with Crippen molar-refractivity contribution in [3.63, 3.8) is 0 Å². The van der Waals surface area contributed by atoms with E-state index in [9.17, 15) is 19.6 Å². The van der Waals surface area contributed by atoms with Gasteiger partial charge in [-0.3, -0.25) is 4.79 Å². The van der Waals surface area contributed by atoms with Crippen molar-refractivity contribution in [3.05, 3.63) is 83.9 Å². The number of benzene rings is 3. The van der Waals surface area contributed by atoms with Gasteiger partial charge in [0, 0.05) is 11.6 Å². The van der Waals surface area contributed by atoms with E-state index in [1.54, 1.807) is 19.1 Å². The highest BCUT2D eigenvalue weighted by Crippen LogP contribution is 2.44. The summed E-state index contributed by atoms with van der Waals surface area (Å²) in [4.78, 5) is 24.8. The Balaban J connectivity index is 1.35. The van der Waals surface area contributed by atoms with Gasteiger partial charge in [-0.15, -0.1) is 0 Å². The van der Waals surface area contributed by atoms with E-state index in [1.807, 2.05) is 36.4 Å². The molecule has 1 aliphatic rings. The zero-order valence-electron chi connectivity index (χ0n) is 17.5. The second kappa shape index (κ2) is 9.26. The highest BCUT2D eigenvalue weighted by Gasteiger charge is 2.29. The largest absolute Gasteiger partial charge is 0.488 e. The average molecular weight is 430 g/mol. The van der Waals surface area contributed by atoms with Gasteiger partial charge in [0.15, 0.2) is 0 Å². The third-order valence-corrected chi connectivity index (χ3v) is 5.52. The van der Waals surface area contributed by atoms with E-state index >= 15 is 0 Å². The van der Waals surface area contributed by atoms with Crippen molar-refractivity contribution in [3.8, 4) is 11.1 Å². The quantitative estimate of drug-likeness (QED) is 0.449. The Morgan fingerprint density at radius 1 is 0.969 bits per heavy atom. The van der Waals surface area contributed by atoms with Crippen LogP contribution in [-0.4, -0.2) is 41.8 Å². The standard InChI is InChI=1S/C24H23BN2O5/c1-15(23(28)27-17-8-6-7-16(13-17)25(30)31)26-24(29)32-14-22-20-11-4-2-9-18(20)19-10-3-5-12-21(19)22/h2-13,15,22,30-31H,14H2,1H3,(H,26,29)(H,27,28)/t15-/m0/s1. The number of alkyl carbamates (subject to hydrolysis) is 1.